The molecule has 0 bridgehead atoms. The van der Waals surface area contributed by atoms with E-state index in [1.165, 1.54) is 5.56 Å². The van der Waals surface area contributed by atoms with Crippen molar-refractivity contribution in [2.75, 3.05) is 11.9 Å². The van der Waals surface area contributed by atoms with E-state index in [1.54, 1.807) is 30.3 Å². The second-order valence-corrected chi connectivity index (χ2v) is 8.95. The molecule has 0 unspecified atom stereocenters. The molecule has 2 aromatic carbocycles. The number of ketones is 1. The third kappa shape index (κ3) is 3.31. The molecule has 0 N–H and O–H groups in total. The van der Waals surface area contributed by atoms with Crippen molar-refractivity contribution >= 4 is 46.3 Å². The Kier molecular flexibility index (Phi) is 4.65. The van der Waals surface area contributed by atoms with Gasteiger partial charge in [-0.1, -0.05) is 85.0 Å². The third-order valence-corrected chi connectivity index (χ3v) is 5.34. The predicted molar refractivity (Wildman–Crippen MR) is 106 cm³/mol. The summed E-state index contributed by atoms with van der Waals surface area (Å²) in [6.07, 6.45) is 1.68. The highest BCUT2D eigenvalue weighted by Gasteiger charge is 2.38. The van der Waals surface area contributed by atoms with Crippen molar-refractivity contribution in [2.45, 2.75) is 23.1 Å². The minimum absolute atomic E-state index is 0.112. The number of fused-ring (bicyclic) bond motifs is 1. The molecule has 0 aliphatic carbocycles. The Morgan fingerprint density at radius 3 is 2.40 bits per heavy atom. The smallest absolute Gasteiger partial charge is 0.216 e. The molecule has 0 spiro atoms. The molecule has 0 atom stereocenters. The number of rotatable bonds is 2. The van der Waals surface area contributed by atoms with E-state index in [-0.39, 0.29) is 11.2 Å². The molecule has 5 heteroatoms. The lowest BCUT2D eigenvalue weighted by atomic mass is 9.83. The van der Waals surface area contributed by atoms with Crippen molar-refractivity contribution in [3.05, 3.63) is 77.0 Å². The number of likely N-dealkylation sites (N-methyl/N-ethyl adjacent to an activating group) is 1. The molecule has 1 heterocycles. The van der Waals surface area contributed by atoms with Crippen LogP contribution in [0.4, 0.5) is 5.69 Å². The summed E-state index contributed by atoms with van der Waals surface area (Å²) in [4.78, 5) is 14.9. The van der Waals surface area contributed by atoms with E-state index in [0.29, 0.717) is 11.1 Å². The minimum atomic E-state index is -1.55. The first-order chi connectivity index (χ1) is 11.6. The lowest BCUT2D eigenvalue weighted by Crippen LogP contribution is -2.24. The summed E-state index contributed by atoms with van der Waals surface area (Å²) in [6.45, 7) is 4.23. The number of halogens is 3. The first-order valence-corrected chi connectivity index (χ1v) is 9.03. The maximum Gasteiger partial charge on any atom is 0.216 e. The number of hydrogen-bond donors (Lipinski definition) is 0. The van der Waals surface area contributed by atoms with Gasteiger partial charge >= 0.3 is 0 Å². The molecule has 130 valence electrons. The van der Waals surface area contributed by atoms with Gasteiger partial charge < -0.3 is 4.90 Å². The Hall–Kier alpha value is -1.48. The fraction of sp³-hybridized carbons (Fsp3) is 0.250. The van der Waals surface area contributed by atoms with Crippen molar-refractivity contribution in [3.63, 3.8) is 0 Å². The molecule has 0 fully saturated rings. The van der Waals surface area contributed by atoms with Gasteiger partial charge in [0.1, 0.15) is 0 Å². The molecule has 0 radical (unpaired) electrons. The number of hydrogen-bond acceptors (Lipinski definition) is 2. The maximum absolute atomic E-state index is 12.8. The zero-order chi connectivity index (χ0) is 18.4. The average Bonchev–Trinajstić information content (AvgIpc) is 2.75. The maximum atomic E-state index is 12.8. The van der Waals surface area contributed by atoms with Crippen LogP contribution in [0.25, 0.3) is 0 Å². The Morgan fingerprint density at radius 1 is 1.08 bits per heavy atom. The average molecular weight is 395 g/mol. The lowest BCUT2D eigenvalue weighted by molar-refractivity contribution is 0.104. The van der Waals surface area contributed by atoms with Crippen LogP contribution in [-0.4, -0.2) is 12.8 Å². The number of alkyl halides is 3. The highest BCUT2D eigenvalue weighted by Crippen LogP contribution is 2.46. The molecule has 1 aliphatic heterocycles. The van der Waals surface area contributed by atoms with Crippen LogP contribution in [0.2, 0.25) is 0 Å². The molecule has 3 rings (SSSR count). The van der Waals surface area contributed by atoms with Gasteiger partial charge in [0.05, 0.1) is 0 Å². The monoisotopic (exact) mass is 393 g/mol. The Labute approximate surface area is 163 Å². The normalized spacial score (nSPS) is 17.7. The van der Waals surface area contributed by atoms with E-state index in [2.05, 4.69) is 30.9 Å². The fourth-order valence-electron chi connectivity index (χ4n) is 3.32. The highest BCUT2D eigenvalue weighted by molar-refractivity contribution is 6.66. The standard InChI is InChI=1S/C20H18Cl3NO/c1-19(2)15-9-4-5-10-16(15)24(3)18(19)12-17(25)13-7-6-8-14(11-13)20(21,22)23/h4-12H,1-3H3. The van der Waals surface area contributed by atoms with E-state index in [1.807, 2.05) is 19.2 Å². The van der Waals surface area contributed by atoms with Crippen LogP contribution in [0.15, 0.2) is 60.3 Å². The Bertz CT molecular complexity index is 865. The van der Waals surface area contributed by atoms with Gasteiger partial charge in [0.15, 0.2) is 5.78 Å². The lowest BCUT2D eigenvalue weighted by Gasteiger charge is -2.24. The fourth-order valence-corrected chi connectivity index (χ4v) is 3.67. The summed E-state index contributed by atoms with van der Waals surface area (Å²) in [5.41, 5.74) is 3.97. The second-order valence-electron chi connectivity index (χ2n) is 6.67. The summed E-state index contributed by atoms with van der Waals surface area (Å²) in [7, 11) is 1.98. The van der Waals surface area contributed by atoms with Crippen LogP contribution in [0.5, 0.6) is 0 Å². The van der Waals surface area contributed by atoms with Gasteiger partial charge in [-0.3, -0.25) is 4.79 Å². The van der Waals surface area contributed by atoms with E-state index in [4.69, 9.17) is 34.8 Å². The van der Waals surface area contributed by atoms with Crippen molar-refractivity contribution in [3.8, 4) is 0 Å². The summed E-state index contributed by atoms with van der Waals surface area (Å²) < 4.78 is -1.55. The van der Waals surface area contributed by atoms with E-state index in [9.17, 15) is 4.79 Å². The molecule has 0 saturated carbocycles. The number of nitrogens with zero attached hydrogens (tertiary/aromatic N) is 1. The van der Waals surface area contributed by atoms with Crippen LogP contribution in [0.3, 0.4) is 0 Å². The van der Waals surface area contributed by atoms with Gasteiger partial charge in [-0.2, -0.15) is 0 Å². The number of anilines is 1. The molecular formula is C20H18Cl3NO. The van der Waals surface area contributed by atoms with Gasteiger partial charge in [0.2, 0.25) is 3.79 Å². The highest BCUT2D eigenvalue weighted by atomic mass is 35.6. The topological polar surface area (TPSA) is 20.3 Å². The van der Waals surface area contributed by atoms with Gasteiger partial charge in [-0.25, -0.2) is 0 Å². The van der Waals surface area contributed by atoms with E-state index >= 15 is 0 Å². The Morgan fingerprint density at radius 2 is 1.76 bits per heavy atom. The predicted octanol–water partition coefficient (Wildman–Crippen LogP) is 6.01. The number of benzene rings is 2. The molecule has 0 aromatic heterocycles. The van der Waals surface area contributed by atoms with Gasteiger partial charge in [0, 0.05) is 41.1 Å². The van der Waals surface area contributed by atoms with Gasteiger partial charge in [-0.05, 0) is 17.7 Å². The molecule has 1 aliphatic rings. The van der Waals surface area contributed by atoms with Crippen molar-refractivity contribution in [1.82, 2.24) is 0 Å². The second kappa shape index (κ2) is 6.35. The van der Waals surface area contributed by atoms with Crippen LogP contribution >= 0.6 is 34.8 Å². The number of allylic oxidation sites excluding steroid dienone is 2. The number of para-hydroxylation sites is 1. The zero-order valence-corrected chi connectivity index (χ0v) is 16.5. The van der Waals surface area contributed by atoms with Crippen LogP contribution < -0.4 is 4.90 Å². The summed E-state index contributed by atoms with van der Waals surface area (Å²) >= 11 is 17.8. The van der Waals surface area contributed by atoms with E-state index in [0.717, 1.165) is 11.4 Å². The van der Waals surface area contributed by atoms with Gasteiger partial charge in [0.25, 0.3) is 0 Å². The number of carbonyl (C=O) groups excluding carboxylic acids is 1. The quantitative estimate of drug-likeness (QED) is 0.353. The Balaban J connectivity index is 2.01. The SMILES string of the molecule is CN1C(=CC(=O)c2cccc(C(Cl)(Cl)Cl)c2)C(C)(C)c2ccccc21. The molecule has 0 saturated heterocycles. The summed E-state index contributed by atoms with van der Waals surface area (Å²) in [5.74, 6) is -0.112. The van der Waals surface area contributed by atoms with Gasteiger partial charge in [-0.15, -0.1) is 0 Å². The molecule has 2 aromatic rings. The van der Waals surface area contributed by atoms with Crippen molar-refractivity contribution in [1.29, 1.82) is 0 Å². The molecule has 25 heavy (non-hydrogen) atoms. The molecule has 0 amide bonds. The summed E-state index contributed by atoms with van der Waals surface area (Å²) in [6, 6.07) is 15.0. The van der Waals surface area contributed by atoms with Crippen molar-refractivity contribution < 1.29 is 4.79 Å². The van der Waals surface area contributed by atoms with Crippen molar-refractivity contribution in [2.24, 2.45) is 0 Å². The zero-order valence-electron chi connectivity index (χ0n) is 14.2. The largest absolute Gasteiger partial charge is 0.347 e. The minimum Gasteiger partial charge on any atom is -0.347 e. The van der Waals surface area contributed by atoms with Crippen LogP contribution in [0, 0.1) is 0 Å². The number of carbonyl (C=O) groups is 1. The summed E-state index contributed by atoms with van der Waals surface area (Å²) in [5, 5.41) is 0. The first kappa shape index (κ1) is 18.3. The van der Waals surface area contributed by atoms with E-state index < -0.39 is 3.79 Å². The van der Waals surface area contributed by atoms with Crippen LogP contribution in [0.1, 0.15) is 35.3 Å². The molecule has 2 nitrogen and oxygen atoms in total. The first-order valence-electron chi connectivity index (χ1n) is 7.89. The third-order valence-electron chi connectivity index (χ3n) is 4.68. The van der Waals surface area contributed by atoms with Crippen LogP contribution in [-0.2, 0) is 9.21 Å². The molecular weight excluding hydrogens is 377 g/mol.